The van der Waals surface area contributed by atoms with Crippen molar-refractivity contribution in [3.05, 3.63) is 95.7 Å². The highest BCUT2D eigenvalue weighted by molar-refractivity contribution is 6.45. The van der Waals surface area contributed by atoms with E-state index in [4.69, 9.17) is 9.47 Å². The highest BCUT2D eigenvalue weighted by atomic mass is 16.5. The van der Waals surface area contributed by atoms with Crippen LogP contribution in [-0.4, -0.2) is 37.5 Å². The molecule has 0 saturated heterocycles. The number of carbonyl (C=O) groups excluding carboxylic acids is 2. The van der Waals surface area contributed by atoms with Gasteiger partial charge in [0.25, 0.3) is 11.8 Å². The SMILES string of the molecule is CCOc1ccc(N2C(=O)C(c3ccccc3OC)=C(N(C)Cc3ccccc3)C2=O)cc1. The summed E-state index contributed by atoms with van der Waals surface area (Å²) in [5.74, 6) is 0.458. The Morgan fingerprint density at radius 1 is 0.848 bits per heavy atom. The number of nitrogens with zero attached hydrogens (tertiary/aromatic N) is 2. The number of ether oxygens (including phenoxy) is 2. The molecule has 1 heterocycles. The molecule has 0 N–H and O–H groups in total. The van der Waals surface area contributed by atoms with Gasteiger partial charge in [-0.05, 0) is 42.8 Å². The van der Waals surface area contributed by atoms with Crippen LogP contribution in [0.2, 0.25) is 0 Å². The van der Waals surface area contributed by atoms with Gasteiger partial charge in [-0.15, -0.1) is 0 Å². The predicted molar refractivity (Wildman–Crippen MR) is 128 cm³/mol. The zero-order valence-corrected chi connectivity index (χ0v) is 18.9. The van der Waals surface area contributed by atoms with E-state index in [9.17, 15) is 9.59 Å². The van der Waals surface area contributed by atoms with Crippen LogP contribution in [0.15, 0.2) is 84.6 Å². The Labute approximate surface area is 193 Å². The van der Waals surface area contributed by atoms with Crippen LogP contribution in [-0.2, 0) is 16.1 Å². The van der Waals surface area contributed by atoms with Crippen molar-refractivity contribution in [2.24, 2.45) is 0 Å². The molecule has 4 rings (SSSR count). The molecule has 0 radical (unpaired) electrons. The third kappa shape index (κ3) is 4.32. The van der Waals surface area contributed by atoms with Crippen LogP contribution >= 0.6 is 0 Å². The van der Waals surface area contributed by atoms with E-state index in [-0.39, 0.29) is 11.8 Å². The van der Waals surface area contributed by atoms with Gasteiger partial charge in [-0.1, -0.05) is 48.5 Å². The van der Waals surface area contributed by atoms with Crippen molar-refractivity contribution in [3.63, 3.8) is 0 Å². The lowest BCUT2D eigenvalue weighted by atomic mass is 10.0. The molecule has 0 spiro atoms. The molecule has 0 bridgehead atoms. The van der Waals surface area contributed by atoms with Crippen LogP contribution < -0.4 is 14.4 Å². The Bertz CT molecular complexity index is 1190. The molecule has 1 aliphatic heterocycles. The van der Waals surface area contributed by atoms with E-state index >= 15 is 0 Å². The fourth-order valence-corrected chi connectivity index (χ4v) is 4.00. The lowest BCUT2D eigenvalue weighted by molar-refractivity contribution is -0.120. The maximum Gasteiger partial charge on any atom is 0.282 e. The first kappa shape index (κ1) is 22.1. The molecule has 33 heavy (non-hydrogen) atoms. The molecule has 0 saturated carbocycles. The van der Waals surface area contributed by atoms with Gasteiger partial charge in [-0.2, -0.15) is 0 Å². The van der Waals surface area contributed by atoms with Gasteiger partial charge in [0.1, 0.15) is 17.2 Å². The molecule has 3 aromatic carbocycles. The summed E-state index contributed by atoms with van der Waals surface area (Å²) in [4.78, 5) is 30.4. The fraction of sp³-hybridized carbons (Fsp3) is 0.185. The van der Waals surface area contributed by atoms with E-state index in [1.807, 2.05) is 61.3 Å². The quantitative estimate of drug-likeness (QED) is 0.481. The largest absolute Gasteiger partial charge is 0.496 e. The normalized spacial score (nSPS) is 13.5. The molecular weight excluding hydrogens is 416 g/mol. The average molecular weight is 443 g/mol. The van der Waals surface area contributed by atoms with E-state index in [1.54, 1.807) is 43.5 Å². The predicted octanol–water partition coefficient (Wildman–Crippen LogP) is 4.51. The van der Waals surface area contributed by atoms with Gasteiger partial charge in [0.15, 0.2) is 0 Å². The summed E-state index contributed by atoms with van der Waals surface area (Å²) in [7, 11) is 3.38. The molecule has 0 aromatic heterocycles. The molecular formula is C27H26N2O4. The maximum atomic E-state index is 13.7. The lowest BCUT2D eigenvalue weighted by Crippen LogP contribution is -2.34. The smallest absolute Gasteiger partial charge is 0.282 e. The molecule has 168 valence electrons. The summed E-state index contributed by atoms with van der Waals surface area (Å²) in [6.45, 7) is 2.92. The minimum absolute atomic E-state index is 0.324. The average Bonchev–Trinajstić information content (AvgIpc) is 3.10. The Morgan fingerprint density at radius 3 is 2.18 bits per heavy atom. The Morgan fingerprint density at radius 2 is 1.52 bits per heavy atom. The summed E-state index contributed by atoms with van der Waals surface area (Å²) < 4.78 is 11.0. The first-order valence-electron chi connectivity index (χ1n) is 10.8. The minimum Gasteiger partial charge on any atom is -0.496 e. The van der Waals surface area contributed by atoms with Gasteiger partial charge in [0, 0.05) is 19.2 Å². The summed E-state index contributed by atoms with van der Waals surface area (Å²) in [5.41, 5.74) is 2.77. The topological polar surface area (TPSA) is 59.1 Å². The molecule has 1 aliphatic rings. The van der Waals surface area contributed by atoms with Gasteiger partial charge in [0.2, 0.25) is 0 Å². The van der Waals surface area contributed by atoms with E-state index in [0.29, 0.717) is 47.2 Å². The van der Waals surface area contributed by atoms with Gasteiger partial charge < -0.3 is 14.4 Å². The van der Waals surface area contributed by atoms with E-state index in [2.05, 4.69) is 0 Å². The third-order valence-corrected chi connectivity index (χ3v) is 5.49. The number of likely N-dealkylation sites (N-methyl/N-ethyl adjacent to an activating group) is 1. The zero-order valence-electron chi connectivity index (χ0n) is 18.9. The maximum absolute atomic E-state index is 13.7. The van der Waals surface area contributed by atoms with Crippen molar-refractivity contribution in [3.8, 4) is 11.5 Å². The molecule has 0 atom stereocenters. The van der Waals surface area contributed by atoms with Crippen molar-refractivity contribution in [2.45, 2.75) is 13.5 Å². The Kier molecular flexibility index (Phi) is 6.45. The standard InChI is InChI=1S/C27H26N2O4/c1-4-33-21-16-14-20(15-17-21)29-26(30)24(22-12-8-9-13-23(22)32-3)25(27(29)31)28(2)18-19-10-6-5-7-11-19/h5-17H,4,18H2,1-3H3. The summed E-state index contributed by atoms with van der Waals surface area (Å²) >= 11 is 0. The first-order valence-corrected chi connectivity index (χ1v) is 10.8. The number of hydrogen-bond acceptors (Lipinski definition) is 5. The van der Waals surface area contributed by atoms with Crippen LogP contribution in [0.25, 0.3) is 5.57 Å². The van der Waals surface area contributed by atoms with Crippen molar-refractivity contribution >= 4 is 23.1 Å². The molecule has 0 unspecified atom stereocenters. The highest BCUT2D eigenvalue weighted by Crippen LogP contribution is 2.38. The van der Waals surface area contributed by atoms with Crippen molar-refractivity contribution in [1.82, 2.24) is 4.90 Å². The lowest BCUT2D eigenvalue weighted by Gasteiger charge is -2.22. The molecule has 2 amide bonds. The van der Waals surface area contributed by atoms with Gasteiger partial charge in [0.05, 0.1) is 25.0 Å². The van der Waals surface area contributed by atoms with Crippen LogP contribution in [0.5, 0.6) is 11.5 Å². The molecule has 6 heteroatoms. The number of para-hydroxylation sites is 1. The van der Waals surface area contributed by atoms with Gasteiger partial charge >= 0.3 is 0 Å². The minimum atomic E-state index is -0.386. The Balaban J connectivity index is 1.79. The van der Waals surface area contributed by atoms with Crippen molar-refractivity contribution < 1.29 is 19.1 Å². The van der Waals surface area contributed by atoms with E-state index < -0.39 is 0 Å². The van der Waals surface area contributed by atoms with E-state index in [0.717, 1.165) is 5.56 Å². The number of amides is 2. The number of hydrogen-bond donors (Lipinski definition) is 0. The molecule has 3 aromatic rings. The third-order valence-electron chi connectivity index (χ3n) is 5.49. The van der Waals surface area contributed by atoms with Gasteiger partial charge in [-0.25, -0.2) is 4.90 Å². The zero-order chi connectivity index (χ0) is 23.4. The number of anilines is 1. The van der Waals surface area contributed by atoms with Crippen molar-refractivity contribution in [2.75, 3.05) is 25.7 Å². The second-order valence-corrected chi connectivity index (χ2v) is 7.64. The summed E-state index contributed by atoms with van der Waals surface area (Å²) in [6.07, 6.45) is 0. The Hall–Kier alpha value is -4.06. The van der Waals surface area contributed by atoms with Crippen LogP contribution in [0.3, 0.4) is 0 Å². The van der Waals surface area contributed by atoms with Gasteiger partial charge in [-0.3, -0.25) is 9.59 Å². The van der Waals surface area contributed by atoms with Crippen LogP contribution in [0.1, 0.15) is 18.1 Å². The molecule has 0 aliphatic carbocycles. The van der Waals surface area contributed by atoms with Crippen molar-refractivity contribution in [1.29, 1.82) is 0 Å². The van der Waals surface area contributed by atoms with Crippen LogP contribution in [0, 0.1) is 0 Å². The van der Waals surface area contributed by atoms with Crippen LogP contribution in [0.4, 0.5) is 5.69 Å². The number of rotatable bonds is 8. The second-order valence-electron chi connectivity index (χ2n) is 7.64. The summed E-state index contributed by atoms with van der Waals surface area (Å²) in [6, 6.07) is 24.0. The molecule has 0 fully saturated rings. The number of methoxy groups -OCH3 is 1. The highest BCUT2D eigenvalue weighted by Gasteiger charge is 2.42. The fourth-order valence-electron chi connectivity index (χ4n) is 4.00. The number of imide groups is 1. The molecule has 6 nitrogen and oxygen atoms in total. The first-order chi connectivity index (χ1) is 16.0. The summed E-state index contributed by atoms with van der Waals surface area (Å²) in [5, 5.41) is 0. The number of benzene rings is 3. The second kappa shape index (κ2) is 9.61. The van der Waals surface area contributed by atoms with E-state index in [1.165, 1.54) is 4.90 Å². The monoisotopic (exact) mass is 442 g/mol. The number of carbonyl (C=O) groups is 2.